The van der Waals surface area contributed by atoms with Gasteiger partial charge in [-0.15, -0.1) is 0 Å². The highest BCUT2D eigenvalue weighted by molar-refractivity contribution is 7.18. The van der Waals surface area contributed by atoms with E-state index >= 15 is 0 Å². The lowest BCUT2D eigenvalue weighted by molar-refractivity contribution is 0.0600. The van der Waals surface area contributed by atoms with Crippen LogP contribution in [0.1, 0.15) is 58.5 Å². The monoisotopic (exact) mass is 483 g/mol. The highest BCUT2D eigenvalue weighted by Gasteiger charge is 2.15. The van der Waals surface area contributed by atoms with Crippen LogP contribution >= 0.6 is 11.3 Å². The van der Waals surface area contributed by atoms with Crippen molar-refractivity contribution < 1.29 is 14.3 Å². The normalized spacial score (nSPS) is 12.0. The molecule has 3 aromatic rings. The summed E-state index contributed by atoms with van der Waals surface area (Å²) in [6, 6.07) is 7.84. The topological polar surface area (TPSA) is 124 Å². The summed E-state index contributed by atoms with van der Waals surface area (Å²) in [5.41, 5.74) is 7.15. The van der Waals surface area contributed by atoms with E-state index < -0.39 is 11.7 Å². The number of aromatic nitrogens is 3. The van der Waals surface area contributed by atoms with Crippen LogP contribution in [0, 0.1) is 30.1 Å². The number of hydrogen-bond donors (Lipinski definition) is 1. The van der Waals surface area contributed by atoms with Crippen molar-refractivity contribution in [3.8, 4) is 23.1 Å². The quantitative estimate of drug-likeness (QED) is 0.464. The highest BCUT2D eigenvalue weighted by Crippen LogP contribution is 2.31. The molecule has 0 fully saturated rings. The summed E-state index contributed by atoms with van der Waals surface area (Å²) in [7, 11) is 0. The van der Waals surface area contributed by atoms with Crippen molar-refractivity contribution in [2.45, 2.75) is 60.5 Å². The number of rotatable bonds is 6. The van der Waals surface area contributed by atoms with Gasteiger partial charge in [0.15, 0.2) is 0 Å². The minimum atomic E-state index is -0.725. The molecule has 0 aliphatic heterocycles. The number of amides is 1. The second-order valence-electron chi connectivity index (χ2n) is 9.51. The van der Waals surface area contributed by atoms with Gasteiger partial charge in [-0.25, -0.2) is 19.7 Å². The molecule has 1 atom stereocenters. The Morgan fingerprint density at radius 1 is 1.24 bits per heavy atom. The number of hydrogen-bond acceptors (Lipinski definition) is 8. The number of thiazole rings is 1. The molecule has 0 radical (unpaired) electrons. The molecule has 0 saturated heterocycles. The van der Waals surface area contributed by atoms with Crippen molar-refractivity contribution in [2.24, 2.45) is 17.6 Å². The lowest BCUT2D eigenvalue weighted by Crippen LogP contribution is -2.27. The molecule has 2 aromatic heterocycles. The van der Waals surface area contributed by atoms with Crippen molar-refractivity contribution >= 4 is 27.8 Å². The Labute approximate surface area is 205 Å². The first kappa shape index (κ1) is 27.0. The first-order valence-electron chi connectivity index (χ1n) is 11.1. The molecule has 2 heterocycles. The zero-order chi connectivity index (χ0) is 25.5. The van der Waals surface area contributed by atoms with Crippen LogP contribution < -0.4 is 10.5 Å². The number of aryl methyl sites for hydroxylation is 1. The predicted octanol–water partition coefficient (Wildman–Crippen LogP) is 5.87. The van der Waals surface area contributed by atoms with Gasteiger partial charge in [0.05, 0.1) is 17.2 Å². The largest absolute Gasteiger partial charge is 0.492 e. The van der Waals surface area contributed by atoms with Gasteiger partial charge in [0.1, 0.15) is 39.8 Å². The van der Waals surface area contributed by atoms with E-state index in [0.29, 0.717) is 29.8 Å². The summed E-state index contributed by atoms with van der Waals surface area (Å²) in [6.45, 7) is 14.4. The lowest BCUT2D eigenvalue weighted by Gasteiger charge is -2.16. The van der Waals surface area contributed by atoms with Gasteiger partial charge in [0, 0.05) is 5.56 Å². The fourth-order valence-electron chi connectivity index (χ4n) is 3.37. The third-order valence-electron chi connectivity index (χ3n) is 4.48. The van der Waals surface area contributed by atoms with Gasteiger partial charge in [-0.2, -0.15) is 5.26 Å². The van der Waals surface area contributed by atoms with Crippen molar-refractivity contribution in [3.63, 3.8) is 0 Å². The van der Waals surface area contributed by atoms with Gasteiger partial charge in [-0.1, -0.05) is 32.1 Å². The van der Waals surface area contributed by atoms with E-state index in [9.17, 15) is 10.1 Å². The van der Waals surface area contributed by atoms with Crippen molar-refractivity contribution in [2.75, 3.05) is 6.61 Å². The van der Waals surface area contributed by atoms with E-state index in [1.165, 1.54) is 11.3 Å². The second-order valence-corrected chi connectivity index (χ2v) is 10.7. The van der Waals surface area contributed by atoms with Gasteiger partial charge in [-0.3, -0.25) is 0 Å². The van der Waals surface area contributed by atoms with Crippen LogP contribution in [0.4, 0.5) is 4.79 Å². The standard InChI is InChI=1S/C20H22N4OS.C5H11NO2/c1-12(2)7-13(3)10-25-17-6-5-15(8-16(17)9-21)18-19-20(23-11-22-18)26-14(4)24-19;1-5(2,3)8-4(6)7/h5-6,8,11-13H,7,10H2,1-4H3;1-3H3,(H2,6,7). The zero-order valence-corrected chi connectivity index (χ0v) is 21.7. The Morgan fingerprint density at radius 3 is 2.50 bits per heavy atom. The first-order chi connectivity index (χ1) is 15.9. The van der Waals surface area contributed by atoms with E-state index in [1.807, 2.05) is 25.1 Å². The maximum Gasteiger partial charge on any atom is 0.405 e. The fraction of sp³-hybridized carbons (Fsp3) is 0.480. The number of nitrogens with zero attached hydrogens (tertiary/aromatic N) is 4. The maximum atomic E-state index is 10.0. The smallest absolute Gasteiger partial charge is 0.405 e. The predicted molar refractivity (Wildman–Crippen MR) is 135 cm³/mol. The molecule has 0 bridgehead atoms. The zero-order valence-electron chi connectivity index (χ0n) is 20.9. The van der Waals surface area contributed by atoms with Gasteiger partial charge in [-0.05, 0) is 64.2 Å². The summed E-state index contributed by atoms with van der Waals surface area (Å²) >= 11 is 1.54. The van der Waals surface area contributed by atoms with E-state index in [-0.39, 0.29) is 0 Å². The van der Waals surface area contributed by atoms with Gasteiger partial charge in [0.2, 0.25) is 0 Å². The average Bonchev–Trinajstić information content (AvgIpc) is 3.10. The molecule has 34 heavy (non-hydrogen) atoms. The highest BCUT2D eigenvalue weighted by atomic mass is 32.1. The summed E-state index contributed by atoms with van der Waals surface area (Å²) in [5, 5.41) is 10.5. The minimum absolute atomic E-state index is 0.445. The van der Waals surface area contributed by atoms with Crippen LogP contribution in [-0.2, 0) is 4.74 Å². The molecule has 1 amide bonds. The molecular formula is C25H33N5O3S. The van der Waals surface area contributed by atoms with E-state index in [1.54, 1.807) is 27.1 Å². The number of carbonyl (C=O) groups is 1. The molecule has 8 nitrogen and oxygen atoms in total. The first-order valence-corrected chi connectivity index (χ1v) is 11.9. The Balaban J connectivity index is 0.000000440. The fourth-order valence-corrected chi connectivity index (χ4v) is 4.12. The number of carbonyl (C=O) groups excluding carboxylic acids is 1. The lowest BCUT2D eigenvalue weighted by atomic mass is 10.00. The van der Waals surface area contributed by atoms with Gasteiger partial charge in [0.25, 0.3) is 0 Å². The van der Waals surface area contributed by atoms with Crippen molar-refractivity contribution in [1.82, 2.24) is 15.0 Å². The third kappa shape index (κ3) is 8.27. The summed E-state index contributed by atoms with van der Waals surface area (Å²) in [6.07, 6.45) is 1.92. The van der Waals surface area contributed by atoms with Crippen molar-refractivity contribution in [3.05, 3.63) is 35.1 Å². The molecule has 182 valence electrons. The Morgan fingerprint density at radius 2 is 1.94 bits per heavy atom. The molecule has 3 rings (SSSR count). The molecule has 1 unspecified atom stereocenters. The molecule has 9 heteroatoms. The molecule has 2 N–H and O–H groups in total. The number of benzene rings is 1. The Hall–Kier alpha value is -3.25. The molecule has 0 aliphatic rings. The van der Waals surface area contributed by atoms with E-state index in [0.717, 1.165) is 33.0 Å². The second kappa shape index (κ2) is 11.7. The van der Waals surface area contributed by atoms with Crippen LogP contribution in [-0.4, -0.2) is 33.3 Å². The SMILES string of the molecule is CC(C)(C)OC(N)=O.Cc1nc2c(-c3ccc(OCC(C)CC(C)C)c(C#N)c3)ncnc2s1. The van der Waals surface area contributed by atoms with Gasteiger partial charge < -0.3 is 15.2 Å². The summed E-state index contributed by atoms with van der Waals surface area (Å²) in [4.78, 5) is 24.1. The minimum Gasteiger partial charge on any atom is -0.492 e. The number of ether oxygens (including phenoxy) is 2. The Bertz CT molecular complexity index is 1160. The average molecular weight is 484 g/mol. The molecule has 0 spiro atoms. The van der Waals surface area contributed by atoms with Gasteiger partial charge >= 0.3 is 6.09 Å². The van der Waals surface area contributed by atoms with Crippen molar-refractivity contribution in [1.29, 1.82) is 5.26 Å². The molecule has 0 saturated carbocycles. The van der Waals surface area contributed by atoms with Crippen LogP contribution in [0.2, 0.25) is 0 Å². The number of primary amides is 1. The van der Waals surface area contributed by atoms with Crippen LogP contribution in [0.5, 0.6) is 5.75 Å². The number of nitrogens with two attached hydrogens (primary N) is 1. The molecule has 1 aromatic carbocycles. The van der Waals surface area contributed by atoms with Crippen LogP contribution in [0.3, 0.4) is 0 Å². The Kier molecular flexibility index (Phi) is 9.33. The number of nitriles is 1. The molecule has 0 aliphatic carbocycles. The van der Waals surface area contributed by atoms with Crippen LogP contribution in [0.25, 0.3) is 21.6 Å². The summed E-state index contributed by atoms with van der Waals surface area (Å²) in [5.74, 6) is 1.69. The van der Waals surface area contributed by atoms with Crippen LogP contribution in [0.15, 0.2) is 24.5 Å². The van der Waals surface area contributed by atoms with E-state index in [2.05, 4.69) is 46.5 Å². The number of fused-ring (bicyclic) bond motifs is 1. The van der Waals surface area contributed by atoms with E-state index in [4.69, 9.17) is 10.5 Å². The maximum absolute atomic E-state index is 10.0. The molecular weight excluding hydrogens is 450 g/mol. The third-order valence-corrected chi connectivity index (χ3v) is 5.36. The summed E-state index contributed by atoms with van der Waals surface area (Å²) < 4.78 is 10.5.